The van der Waals surface area contributed by atoms with Crippen LogP contribution < -0.4 is 27.4 Å². The van der Waals surface area contributed by atoms with Crippen LogP contribution in [0.5, 0.6) is 0 Å². The summed E-state index contributed by atoms with van der Waals surface area (Å²) in [6, 6.07) is 17.2. The molecule has 0 fully saturated rings. The Balaban J connectivity index is 0.000000208. The number of thiocarbonyl (C=S) groups is 1. The monoisotopic (exact) mass is 1130 g/mol. The predicted molar refractivity (Wildman–Crippen MR) is 255 cm³/mol. The van der Waals surface area contributed by atoms with Gasteiger partial charge in [0.25, 0.3) is 23.0 Å². The Kier molecular flexibility index (Phi) is 16.0. The molecule has 0 aliphatic carbocycles. The highest BCUT2D eigenvalue weighted by Crippen LogP contribution is 2.39. The molecular weight excluding hydrogens is 1100 g/mol. The van der Waals surface area contributed by atoms with Gasteiger partial charge in [0.1, 0.15) is 46.9 Å². The van der Waals surface area contributed by atoms with E-state index < -0.39 is 95.9 Å². The Morgan fingerprint density at radius 3 is 1.54 bits per heavy atom. The molecule has 0 bridgehead atoms. The highest BCUT2D eigenvalue weighted by atomic mass is 32.1. The van der Waals surface area contributed by atoms with E-state index >= 15 is 0 Å². The maximum Gasteiger partial charge on any atom is 0.428 e. The van der Waals surface area contributed by atoms with Gasteiger partial charge in [0, 0.05) is 23.3 Å². The minimum absolute atomic E-state index is 0.0256. The molecular formula is C45H35F10N17O6S. The lowest BCUT2D eigenvalue weighted by atomic mass is 10.0. The van der Waals surface area contributed by atoms with E-state index in [1.807, 2.05) is 5.32 Å². The van der Waals surface area contributed by atoms with Gasteiger partial charge in [-0.25, -0.2) is 37.5 Å². The first-order valence-electron chi connectivity index (χ1n) is 22.2. The second-order valence-corrected chi connectivity index (χ2v) is 16.9. The summed E-state index contributed by atoms with van der Waals surface area (Å²) in [5.41, 5.74) is 4.67. The Labute approximate surface area is 439 Å². The van der Waals surface area contributed by atoms with Gasteiger partial charge in [-0.05, 0) is 24.3 Å². The van der Waals surface area contributed by atoms with Crippen LogP contribution in [0.25, 0.3) is 45.8 Å². The van der Waals surface area contributed by atoms with E-state index in [4.69, 9.17) is 20.5 Å². The number of carbonyl (C=O) groups excluding carboxylic acids is 1. The lowest BCUT2D eigenvalue weighted by Crippen LogP contribution is -2.61. The highest BCUT2D eigenvalue weighted by molar-refractivity contribution is 7.80. The molecule has 0 aliphatic rings. The van der Waals surface area contributed by atoms with Crippen molar-refractivity contribution in [3.8, 4) is 45.8 Å². The number of anilines is 3. The van der Waals surface area contributed by atoms with E-state index in [0.717, 1.165) is 0 Å². The molecule has 79 heavy (non-hydrogen) atoms. The first-order chi connectivity index (χ1) is 37.4. The van der Waals surface area contributed by atoms with Crippen LogP contribution in [0.1, 0.15) is 17.0 Å². The molecule has 2 atom stereocenters. The van der Waals surface area contributed by atoms with E-state index in [9.17, 15) is 58.9 Å². The number of amides is 1. The summed E-state index contributed by atoms with van der Waals surface area (Å²) in [5.74, 6) is -8.30. The van der Waals surface area contributed by atoms with Crippen LogP contribution in [0, 0.1) is 23.3 Å². The molecule has 34 heteroatoms. The Hall–Kier alpha value is -9.44. The predicted octanol–water partition coefficient (Wildman–Crippen LogP) is 5.58. The molecule has 0 saturated heterocycles. The molecule has 23 nitrogen and oxygen atoms in total. The summed E-state index contributed by atoms with van der Waals surface area (Å²) in [5, 5.41) is 49.0. The number of nitrogens with one attached hydrogen (secondary N) is 3. The van der Waals surface area contributed by atoms with Crippen LogP contribution in [0.15, 0.2) is 111 Å². The zero-order valence-electron chi connectivity index (χ0n) is 39.5. The van der Waals surface area contributed by atoms with Crippen molar-refractivity contribution in [1.29, 1.82) is 0 Å². The number of aliphatic hydroxyl groups is 2. The third kappa shape index (κ3) is 12.4. The largest absolute Gasteiger partial charge is 0.428 e. The van der Waals surface area contributed by atoms with Crippen LogP contribution in [0.3, 0.4) is 0 Å². The highest BCUT2D eigenvalue weighted by Gasteiger charge is 2.60. The van der Waals surface area contributed by atoms with Crippen LogP contribution in [-0.4, -0.2) is 119 Å². The van der Waals surface area contributed by atoms with Crippen LogP contribution >= 0.6 is 12.2 Å². The van der Waals surface area contributed by atoms with Crippen molar-refractivity contribution in [1.82, 2.24) is 65.3 Å². The fourth-order valence-corrected chi connectivity index (χ4v) is 7.02. The molecule has 0 spiro atoms. The molecule has 9 aromatic rings. The SMILES string of the molecule is NC(=S)CNC(=O)C(O)(CNc1nc(-c2cc(-c3ccon3)n(Cc3ccccc3F)n2)ncc1F)C(F)(F)F.Nc1nnc(C(O)(CNc2nc(-c3cc(-c4ccon4)n(Cc4ccccc4F)n3)ncc2F)C(F)(F)F)o1. The van der Waals surface area contributed by atoms with E-state index in [0.29, 0.717) is 40.7 Å². The molecule has 412 valence electrons. The van der Waals surface area contributed by atoms with Crippen molar-refractivity contribution >= 4 is 40.8 Å². The number of hydrogen-bond acceptors (Lipinski definition) is 20. The molecule has 7 aromatic heterocycles. The molecule has 7 heterocycles. The van der Waals surface area contributed by atoms with Crippen LogP contribution in [0.4, 0.5) is 61.6 Å². The number of carbonyl (C=O) groups is 1. The van der Waals surface area contributed by atoms with Crippen LogP contribution in [-0.2, 0) is 23.5 Å². The minimum Gasteiger partial charge on any atom is -0.405 e. The number of nitrogen functional groups attached to an aromatic ring is 1. The molecule has 2 unspecified atom stereocenters. The number of hydrogen-bond donors (Lipinski definition) is 7. The number of nitrogens with zero attached hydrogens (tertiary/aromatic N) is 12. The number of rotatable bonds is 18. The third-order valence-corrected chi connectivity index (χ3v) is 11.2. The summed E-state index contributed by atoms with van der Waals surface area (Å²) in [7, 11) is 0. The van der Waals surface area contributed by atoms with Crippen LogP contribution in [0.2, 0.25) is 0 Å². The number of benzene rings is 2. The maximum absolute atomic E-state index is 14.5. The van der Waals surface area contributed by atoms with Gasteiger partial charge in [0.05, 0.1) is 61.5 Å². The molecule has 0 aliphatic heterocycles. The van der Waals surface area contributed by atoms with Gasteiger partial charge in [0.15, 0.2) is 34.9 Å². The Morgan fingerprint density at radius 2 is 1.14 bits per heavy atom. The van der Waals surface area contributed by atoms with Crippen molar-refractivity contribution in [2.75, 3.05) is 36.0 Å². The first kappa shape index (κ1) is 55.8. The molecule has 2 aromatic carbocycles. The molecule has 0 saturated carbocycles. The van der Waals surface area contributed by atoms with Crippen molar-refractivity contribution in [3.63, 3.8) is 0 Å². The molecule has 1 amide bonds. The lowest BCUT2D eigenvalue weighted by Gasteiger charge is -2.29. The fraction of sp³-hybridized carbons (Fsp3) is 0.200. The van der Waals surface area contributed by atoms with Gasteiger partial charge in [-0.3, -0.25) is 14.2 Å². The summed E-state index contributed by atoms with van der Waals surface area (Å²) in [4.78, 5) is 27.3. The Bertz CT molecular complexity index is 3600. The topological polar surface area (TPSA) is 324 Å². The summed E-state index contributed by atoms with van der Waals surface area (Å²) in [6.45, 7) is -3.58. The van der Waals surface area contributed by atoms with E-state index in [1.54, 1.807) is 29.6 Å². The number of nitrogens with two attached hydrogens (primary N) is 2. The normalized spacial score (nSPS) is 13.2. The summed E-state index contributed by atoms with van der Waals surface area (Å²) < 4.78 is 157. The van der Waals surface area contributed by atoms with Gasteiger partial charge in [-0.1, -0.05) is 64.0 Å². The fourth-order valence-electron chi connectivity index (χ4n) is 6.94. The summed E-state index contributed by atoms with van der Waals surface area (Å²) >= 11 is 4.51. The number of alkyl halides is 6. The van der Waals surface area contributed by atoms with Gasteiger partial charge in [-0.15, -0.1) is 5.10 Å². The quantitative estimate of drug-likeness (QED) is 0.0407. The van der Waals surface area contributed by atoms with Crippen molar-refractivity contribution in [3.05, 3.63) is 138 Å². The van der Waals surface area contributed by atoms with Gasteiger partial charge < -0.3 is 51.1 Å². The second-order valence-electron chi connectivity index (χ2n) is 16.4. The smallest absolute Gasteiger partial charge is 0.405 e. The van der Waals surface area contributed by atoms with E-state index in [2.05, 4.69) is 72.6 Å². The number of aromatic nitrogens is 12. The van der Waals surface area contributed by atoms with Crippen molar-refractivity contribution in [2.45, 2.75) is 36.6 Å². The van der Waals surface area contributed by atoms with Crippen molar-refractivity contribution in [2.24, 2.45) is 5.73 Å². The van der Waals surface area contributed by atoms with Gasteiger partial charge >= 0.3 is 18.4 Å². The standard InChI is InChI=1S/C23H19F5N8O3S.C22H16F5N9O3/c24-13-4-2-1-3-12(13)10-36-17(15-5-6-39-35-15)7-16(34-36)20-30-8-14(25)19(33-20)32-11-22(38,23(26,27)28)21(37)31-9-18(29)40;23-12-4-2-1-3-11(12)9-36-16(14-5-6-38-35-14)7-15(34-36)18-29-8-13(24)17(31-18)30-10-21(37,22(25,26)27)19-32-33-20(28)39-19/h1-8,38H,9-11H2,(H2,29,40)(H,31,37)(H,30,32,33);1-8,37H,9-10H2,(H2,28,33)(H,29,30,31). The van der Waals surface area contributed by atoms with E-state index in [1.165, 1.54) is 70.4 Å². The van der Waals surface area contributed by atoms with E-state index in [-0.39, 0.29) is 46.7 Å². The first-order valence-corrected chi connectivity index (χ1v) is 22.6. The molecule has 9 N–H and O–H groups in total. The molecule has 0 radical (unpaired) electrons. The molecule has 9 rings (SSSR count). The zero-order valence-corrected chi connectivity index (χ0v) is 40.3. The lowest BCUT2D eigenvalue weighted by molar-refractivity contribution is -0.268. The summed E-state index contributed by atoms with van der Waals surface area (Å²) in [6.07, 6.45) is -6.81. The third-order valence-electron chi connectivity index (χ3n) is 11.0. The minimum atomic E-state index is -5.47. The van der Waals surface area contributed by atoms with Gasteiger partial charge in [-0.2, -0.15) is 36.5 Å². The number of halogens is 10. The average molecular weight is 1130 g/mol. The van der Waals surface area contributed by atoms with Gasteiger partial charge in [0.2, 0.25) is 0 Å². The zero-order chi connectivity index (χ0) is 56.9. The Morgan fingerprint density at radius 1 is 0.658 bits per heavy atom. The second kappa shape index (κ2) is 22.6. The van der Waals surface area contributed by atoms with Crippen molar-refractivity contribution < 1.29 is 72.4 Å². The maximum atomic E-state index is 14.5. The average Bonchev–Trinajstić information content (AvgIpc) is 4.38.